The molecule has 0 saturated heterocycles. The van der Waals surface area contributed by atoms with Crippen molar-refractivity contribution in [2.45, 2.75) is 6.61 Å². The first-order valence-corrected chi connectivity index (χ1v) is 8.63. The Balaban J connectivity index is 1.86. The molecule has 0 fully saturated rings. The van der Waals surface area contributed by atoms with Crippen molar-refractivity contribution in [2.24, 2.45) is 5.73 Å². The van der Waals surface area contributed by atoms with Gasteiger partial charge in [-0.05, 0) is 23.1 Å². The largest absolute Gasteiger partial charge is 0.378 e. The fourth-order valence-corrected chi connectivity index (χ4v) is 3.29. The monoisotopic (exact) mass is 357 g/mol. The van der Waals surface area contributed by atoms with E-state index in [9.17, 15) is 4.79 Å². The van der Waals surface area contributed by atoms with Gasteiger partial charge in [-0.2, -0.15) is 0 Å². The maximum atomic E-state index is 11.9. The van der Waals surface area contributed by atoms with Crippen molar-refractivity contribution < 1.29 is 9.53 Å². The highest BCUT2D eigenvalue weighted by Crippen LogP contribution is 2.30. The first kappa shape index (κ1) is 17.0. The van der Waals surface area contributed by atoms with Crippen LogP contribution in [0.5, 0.6) is 0 Å². The standard InChI is InChI=1S/C22H19N3O2/c1-27-13-19-20(22(23)26)17-10-8-15-12-24-16(11-18(15)21(17)25-19)9-7-14-5-3-2-4-6-14/h2-12,24H,13H2,1H3,(H2,23,26)/b9-7+. The zero-order valence-corrected chi connectivity index (χ0v) is 14.9. The van der Waals surface area contributed by atoms with Crippen LogP contribution in [0.1, 0.15) is 27.3 Å². The number of carbonyl (C=O) groups excluding carboxylic acids is 1. The van der Waals surface area contributed by atoms with E-state index in [1.54, 1.807) is 7.11 Å². The van der Waals surface area contributed by atoms with Crippen molar-refractivity contribution in [2.75, 3.05) is 7.11 Å². The minimum absolute atomic E-state index is 0.244. The molecular formula is C22H19N3O2. The van der Waals surface area contributed by atoms with Gasteiger partial charge >= 0.3 is 0 Å². The van der Waals surface area contributed by atoms with E-state index < -0.39 is 5.91 Å². The molecule has 0 bridgehead atoms. The van der Waals surface area contributed by atoms with Crippen LogP contribution in [-0.4, -0.2) is 23.0 Å². The number of ether oxygens (including phenoxy) is 1. The van der Waals surface area contributed by atoms with Gasteiger partial charge in [0.15, 0.2) is 0 Å². The van der Waals surface area contributed by atoms with E-state index >= 15 is 0 Å². The summed E-state index contributed by atoms with van der Waals surface area (Å²) in [5, 5.41) is 2.73. The zero-order chi connectivity index (χ0) is 18.8. The normalized spacial score (nSPS) is 11.6. The first-order chi connectivity index (χ1) is 13.2. The molecule has 0 atom stereocenters. The van der Waals surface area contributed by atoms with Gasteiger partial charge in [0.25, 0.3) is 5.91 Å². The molecule has 0 unspecified atom stereocenters. The number of amides is 1. The van der Waals surface area contributed by atoms with E-state index in [0.29, 0.717) is 11.3 Å². The maximum Gasteiger partial charge on any atom is 0.251 e. The summed E-state index contributed by atoms with van der Waals surface area (Å²) < 4.78 is 5.18. The Morgan fingerprint density at radius 3 is 2.70 bits per heavy atom. The highest BCUT2D eigenvalue weighted by molar-refractivity contribution is 6.15. The van der Waals surface area contributed by atoms with Crippen LogP contribution in [0.2, 0.25) is 0 Å². The number of benzene rings is 2. The number of aromatic nitrogens is 2. The SMILES string of the molecule is COCc1nc2c(ccc3c[nH]c(/C=C/c4ccccc4)cc32)c1C(N)=O. The van der Waals surface area contributed by atoms with Gasteiger partial charge in [-0.3, -0.25) is 4.79 Å². The molecule has 1 amide bonds. The molecule has 0 aliphatic heterocycles. The van der Waals surface area contributed by atoms with Gasteiger partial charge in [0, 0.05) is 29.8 Å². The number of H-pyrrole nitrogens is 1. The van der Waals surface area contributed by atoms with Gasteiger partial charge in [-0.25, -0.2) is 4.98 Å². The summed E-state index contributed by atoms with van der Waals surface area (Å²) in [4.78, 5) is 19.9. The molecule has 0 spiro atoms. The molecule has 4 aromatic rings. The number of carbonyl (C=O) groups is 1. The van der Waals surface area contributed by atoms with Crippen molar-refractivity contribution in [3.05, 3.63) is 77.2 Å². The second kappa shape index (κ2) is 7.05. The molecule has 5 heteroatoms. The molecule has 134 valence electrons. The van der Waals surface area contributed by atoms with E-state index in [-0.39, 0.29) is 6.61 Å². The lowest BCUT2D eigenvalue weighted by Gasteiger charge is -2.03. The van der Waals surface area contributed by atoms with Crippen molar-refractivity contribution in [3.63, 3.8) is 0 Å². The van der Waals surface area contributed by atoms with Gasteiger partial charge in [0.05, 0.1) is 23.4 Å². The van der Waals surface area contributed by atoms with Crippen molar-refractivity contribution in [1.82, 2.24) is 9.97 Å². The number of nitrogens with one attached hydrogen (secondary N) is 1. The van der Waals surface area contributed by atoms with Gasteiger partial charge in [-0.1, -0.05) is 48.5 Å². The molecule has 0 saturated carbocycles. The van der Waals surface area contributed by atoms with Crippen LogP contribution in [0.4, 0.5) is 0 Å². The van der Waals surface area contributed by atoms with E-state index in [2.05, 4.69) is 9.97 Å². The number of aromatic amines is 1. The summed E-state index contributed by atoms with van der Waals surface area (Å²) in [6.07, 6.45) is 6.00. The summed E-state index contributed by atoms with van der Waals surface area (Å²) in [6, 6.07) is 16.0. The third-order valence-corrected chi connectivity index (χ3v) is 4.53. The topological polar surface area (TPSA) is 81.0 Å². The molecular weight excluding hydrogens is 338 g/mol. The number of hydrogen-bond donors (Lipinski definition) is 2. The minimum atomic E-state index is -0.490. The number of nitrogens with zero attached hydrogens (tertiary/aromatic N) is 1. The van der Waals surface area contributed by atoms with Crippen molar-refractivity contribution >= 4 is 39.7 Å². The summed E-state index contributed by atoms with van der Waals surface area (Å²) in [5.74, 6) is -0.490. The van der Waals surface area contributed by atoms with Crippen LogP contribution in [0.3, 0.4) is 0 Å². The number of hydrogen-bond acceptors (Lipinski definition) is 3. The Labute approximate surface area is 156 Å². The minimum Gasteiger partial charge on any atom is -0.378 e. The molecule has 2 aromatic heterocycles. The quantitative estimate of drug-likeness (QED) is 0.563. The molecule has 2 aromatic carbocycles. The van der Waals surface area contributed by atoms with Crippen molar-refractivity contribution in [3.8, 4) is 0 Å². The smallest absolute Gasteiger partial charge is 0.251 e. The molecule has 2 heterocycles. The molecule has 0 aliphatic rings. The second-order valence-corrected chi connectivity index (χ2v) is 6.33. The predicted octanol–water partition coefficient (Wildman–Crippen LogP) is 4.13. The van der Waals surface area contributed by atoms with Gasteiger partial charge in [0.2, 0.25) is 0 Å². The summed E-state index contributed by atoms with van der Waals surface area (Å²) in [5.41, 5.74) is 9.41. The fourth-order valence-electron chi connectivity index (χ4n) is 3.29. The van der Waals surface area contributed by atoms with E-state index in [1.807, 2.05) is 66.9 Å². The molecule has 3 N–H and O–H groups in total. The average Bonchev–Trinajstić information content (AvgIpc) is 3.06. The Morgan fingerprint density at radius 2 is 1.96 bits per heavy atom. The lowest BCUT2D eigenvalue weighted by molar-refractivity contribution is 0.0997. The molecule has 0 radical (unpaired) electrons. The summed E-state index contributed by atoms with van der Waals surface area (Å²) in [6.45, 7) is 0.244. The van der Waals surface area contributed by atoms with E-state index in [0.717, 1.165) is 32.9 Å². The highest BCUT2D eigenvalue weighted by Gasteiger charge is 2.18. The number of methoxy groups -OCH3 is 1. The lowest BCUT2D eigenvalue weighted by atomic mass is 10.0. The third-order valence-electron chi connectivity index (χ3n) is 4.53. The number of primary amides is 1. The van der Waals surface area contributed by atoms with E-state index in [1.165, 1.54) is 0 Å². The van der Waals surface area contributed by atoms with Crippen LogP contribution >= 0.6 is 0 Å². The molecule has 27 heavy (non-hydrogen) atoms. The first-order valence-electron chi connectivity index (χ1n) is 8.63. The lowest BCUT2D eigenvalue weighted by Crippen LogP contribution is -2.13. The third kappa shape index (κ3) is 3.20. The van der Waals surface area contributed by atoms with Crippen LogP contribution in [0.25, 0.3) is 33.8 Å². The fraction of sp³-hybridized carbons (Fsp3) is 0.0909. The van der Waals surface area contributed by atoms with Gasteiger partial charge in [0.1, 0.15) is 0 Å². The highest BCUT2D eigenvalue weighted by atomic mass is 16.5. The average molecular weight is 357 g/mol. The van der Waals surface area contributed by atoms with Crippen LogP contribution in [-0.2, 0) is 11.3 Å². The van der Waals surface area contributed by atoms with Crippen LogP contribution in [0, 0.1) is 0 Å². The number of pyridine rings is 1. The Bertz CT molecular complexity index is 1160. The second-order valence-electron chi connectivity index (χ2n) is 6.33. The van der Waals surface area contributed by atoms with E-state index in [4.69, 9.17) is 10.5 Å². The van der Waals surface area contributed by atoms with Gasteiger partial charge in [-0.15, -0.1) is 0 Å². The summed E-state index contributed by atoms with van der Waals surface area (Å²) >= 11 is 0. The molecule has 5 nitrogen and oxygen atoms in total. The number of nitrogens with two attached hydrogens (primary N) is 1. The number of fused-ring (bicyclic) bond motifs is 3. The number of rotatable bonds is 5. The van der Waals surface area contributed by atoms with Gasteiger partial charge < -0.3 is 15.5 Å². The van der Waals surface area contributed by atoms with Crippen LogP contribution < -0.4 is 5.73 Å². The Morgan fingerprint density at radius 1 is 1.15 bits per heavy atom. The van der Waals surface area contributed by atoms with Crippen molar-refractivity contribution in [1.29, 1.82) is 0 Å². The van der Waals surface area contributed by atoms with Crippen LogP contribution in [0.15, 0.2) is 54.7 Å². The molecule has 0 aliphatic carbocycles. The summed E-state index contributed by atoms with van der Waals surface area (Å²) in [7, 11) is 1.57. The predicted molar refractivity (Wildman–Crippen MR) is 108 cm³/mol. The Kier molecular flexibility index (Phi) is 4.44. The molecule has 4 rings (SSSR count). The zero-order valence-electron chi connectivity index (χ0n) is 14.9. The Hall–Kier alpha value is -3.44. The maximum absolute atomic E-state index is 11.9.